The summed E-state index contributed by atoms with van der Waals surface area (Å²) in [4.78, 5) is 2.75. The molecule has 2 aromatic carbocycles. The third kappa shape index (κ3) is 4.14. The van der Waals surface area contributed by atoms with Gasteiger partial charge in [-0.2, -0.15) is 5.10 Å². The smallest absolute Gasteiger partial charge is 0.163 e. The maximum atomic E-state index is 12.4. The zero-order chi connectivity index (χ0) is 20.4. The van der Waals surface area contributed by atoms with Crippen LogP contribution in [0, 0.1) is 6.92 Å². The number of aromatic nitrogens is 2. The largest absolute Gasteiger partial charge is 0.610 e. The lowest BCUT2D eigenvalue weighted by molar-refractivity contribution is 0.484. The van der Waals surface area contributed by atoms with Crippen LogP contribution in [0.1, 0.15) is 24.1 Å². The van der Waals surface area contributed by atoms with E-state index in [0.717, 1.165) is 61.5 Å². The number of hydrogen-bond acceptors (Lipinski definition) is 4. The fourth-order valence-corrected chi connectivity index (χ4v) is 5.11. The summed E-state index contributed by atoms with van der Waals surface area (Å²) in [6, 6.07) is 17.8. The Labute approximate surface area is 173 Å². The molecule has 1 aromatic heterocycles. The number of anilines is 1. The summed E-state index contributed by atoms with van der Waals surface area (Å²) in [7, 11) is -3.33. The second kappa shape index (κ2) is 8.13. The van der Waals surface area contributed by atoms with E-state index in [1.807, 2.05) is 25.1 Å². The van der Waals surface area contributed by atoms with E-state index in [2.05, 4.69) is 33.8 Å². The van der Waals surface area contributed by atoms with Crippen molar-refractivity contribution in [2.24, 2.45) is 0 Å². The first-order chi connectivity index (χ1) is 13.9. The molecule has 1 atom stereocenters. The van der Waals surface area contributed by atoms with Gasteiger partial charge in [0.1, 0.15) is 12.1 Å². The molecule has 0 fully saturated rings. The van der Waals surface area contributed by atoms with Gasteiger partial charge in [0.2, 0.25) is 0 Å². The highest BCUT2D eigenvalue weighted by Crippen LogP contribution is 2.40. The van der Waals surface area contributed by atoms with Gasteiger partial charge in [-0.15, -0.1) is 4.21 Å². The van der Waals surface area contributed by atoms with Crippen LogP contribution >= 0.6 is 0 Å². The predicted octanol–water partition coefficient (Wildman–Crippen LogP) is 4.32. The molecule has 152 valence electrons. The van der Waals surface area contributed by atoms with Crippen LogP contribution in [0.5, 0.6) is 0 Å². The van der Waals surface area contributed by atoms with Gasteiger partial charge in [0.05, 0.1) is 21.5 Å². The van der Waals surface area contributed by atoms with E-state index >= 15 is 0 Å². The van der Waals surface area contributed by atoms with Crippen LogP contribution in [0.3, 0.4) is 0 Å². The van der Waals surface area contributed by atoms with Crippen molar-refractivity contribution >= 4 is 16.0 Å². The van der Waals surface area contributed by atoms with Crippen molar-refractivity contribution in [1.82, 2.24) is 9.78 Å². The fraction of sp³-hybridized carbons (Fsp3) is 0.348. The molecular formula is C23H27N3O2S. The van der Waals surface area contributed by atoms with Gasteiger partial charge in [0, 0.05) is 25.2 Å². The Hall–Kier alpha value is -2.44. The quantitative estimate of drug-likeness (QED) is 0.569. The molecule has 1 aliphatic rings. The molecule has 0 aliphatic carbocycles. The zero-order valence-electron chi connectivity index (χ0n) is 17.0. The van der Waals surface area contributed by atoms with E-state index in [4.69, 9.17) is 5.10 Å². The summed E-state index contributed by atoms with van der Waals surface area (Å²) in [5.74, 6) is 1.05. The van der Waals surface area contributed by atoms with Crippen LogP contribution in [0.2, 0.25) is 0 Å². The molecule has 0 spiro atoms. The van der Waals surface area contributed by atoms with E-state index in [9.17, 15) is 8.76 Å². The van der Waals surface area contributed by atoms with Gasteiger partial charge in [-0.1, -0.05) is 42.5 Å². The Morgan fingerprint density at radius 2 is 1.79 bits per heavy atom. The second-order valence-electron chi connectivity index (χ2n) is 7.71. The van der Waals surface area contributed by atoms with Crippen LogP contribution < -0.4 is 4.90 Å². The van der Waals surface area contributed by atoms with E-state index < -0.39 is 10.2 Å². The van der Waals surface area contributed by atoms with Crippen LogP contribution in [0.15, 0.2) is 59.5 Å². The number of fused-ring (bicyclic) bond motifs is 1. The molecule has 1 unspecified atom stereocenters. The molecule has 1 aliphatic heterocycles. The summed E-state index contributed by atoms with van der Waals surface area (Å²) < 4.78 is 26.8. The molecule has 0 saturated heterocycles. The van der Waals surface area contributed by atoms with E-state index in [1.54, 1.807) is 12.1 Å². The summed E-state index contributed by atoms with van der Waals surface area (Å²) in [6.07, 6.45) is 4.39. The molecule has 0 N–H and O–H groups in total. The first-order valence-electron chi connectivity index (χ1n) is 10.1. The average Bonchev–Trinajstić information content (AvgIpc) is 3.04. The van der Waals surface area contributed by atoms with Crippen molar-refractivity contribution in [3.8, 4) is 11.1 Å². The monoisotopic (exact) mass is 409 g/mol. The van der Waals surface area contributed by atoms with Crippen molar-refractivity contribution in [2.45, 2.75) is 37.6 Å². The van der Waals surface area contributed by atoms with Gasteiger partial charge < -0.3 is 9.45 Å². The van der Waals surface area contributed by atoms with Crippen LogP contribution in [0.4, 0.5) is 5.82 Å². The Balaban J connectivity index is 1.67. The molecule has 3 aromatic rings. The summed E-state index contributed by atoms with van der Waals surface area (Å²) >= 11 is 0. The predicted molar refractivity (Wildman–Crippen MR) is 117 cm³/mol. The summed E-state index contributed by atoms with van der Waals surface area (Å²) in [5, 5.41) is 4.75. The van der Waals surface area contributed by atoms with Crippen molar-refractivity contribution < 1.29 is 8.76 Å². The standard InChI is InChI=1S/C23H27N3O2S/c1-18-22(20-13-6-7-14-21(20)29(2,27)28)23-25(16-9-17-26(23)24-18)15-8-12-19-10-4-3-5-11-19/h3-7,10-11,13-14H,8-9,12,15-17H2,1-2H3. The second-order valence-corrected chi connectivity index (χ2v) is 9.69. The minimum Gasteiger partial charge on any atom is -0.610 e. The van der Waals surface area contributed by atoms with Gasteiger partial charge in [-0.3, -0.25) is 0 Å². The molecule has 5 nitrogen and oxygen atoms in total. The summed E-state index contributed by atoms with van der Waals surface area (Å²) in [5.41, 5.74) is 3.93. The van der Waals surface area contributed by atoms with Crippen LogP contribution in [-0.2, 0) is 27.4 Å². The molecule has 0 saturated carbocycles. The highest BCUT2D eigenvalue weighted by molar-refractivity contribution is 7.97. The van der Waals surface area contributed by atoms with Crippen LogP contribution in [-0.4, -0.2) is 33.7 Å². The Morgan fingerprint density at radius 3 is 2.55 bits per heavy atom. The maximum Gasteiger partial charge on any atom is 0.163 e. The maximum absolute atomic E-state index is 12.4. The minimum absolute atomic E-state index is 0.369. The average molecular weight is 410 g/mol. The van der Waals surface area contributed by atoms with Gasteiger partial charge in [0.25, 0.3) is 0 Å². The molecule has 4 rings (SSSR count). The minimum atomic E-state index is -3.33. The van der Waals surface area contributed by atoms with Gasteiger partial charge in [-0.05, 0) is 43.9 Å². The van der Waals surface area contributed by atoms with E-state index in [0.29, 0.717) is 4.90 Å². The van der Waals surface area contributed by atoms with Crippen molar-refractivity contribution in [2.75, 3.05) is 24.2 Å². The molecule has 0 bridgehead atoms. The van der Waals surface area contributed by atoms with Crippen molar-refractivity contribution in [3.63, 3.8) is 0 Å². The lowest BCUT2D eigenvalue weighted by atomic mass is 10.0. The lowest BCUT2D eigenvalue weighted by Crippen LogP contribution is -2.33. The Kier molecular flexibility index (Phi) is 5.56. The first kappa shape index (κ1) is 19.9. The van der Waals surface area contributed by atoms with Gasteiger partial charge in [0.15, 0.2) is 4.90 Å². The highest BCUT2D eigenvalue weighted by atomic mass is 32.3. The summed E-state index contributed by atoms with van der Waals surface area (Å²) in [6.45, 7) is 4.73. The third-order valence-corrected chi connectivity index (χ3v) is 6.65. The number of aryl methyl sites for hydroxylation is 3. The number of sulfone groups is 1. The van der Waals surface area contributed by atoms with Crippen molar-refractivity contribution in [1.29, 1.82) is 0 Å². The SMILES string of the molecule is Cc1nn2c(c1-c1ccccc1[S+](C)(=O)[O-])N(CCCc1ccccc1)CCC2. The molecular weight excluding hydrogens is 382 g/mol. The molecule has 0 radical (unpaired) electrons. The molecule has 29 heavy (non-hydrogen) atoms. The molecule has 6 heteroatoms. The number of benzene rings is 2. The Bertz CT molecular complexity index is 1040. The topological polar surface area (TPSA) is 61.2 Å². The van der Waals surface area contributed by atoms with Gasteiger partial charge in [-0.25, -0.2) is 4.68 Å². The third-order valence-electron chi connectivity index (χ3n) is 5.49. The highest BCUT2D eigenvalue weighted by Gasteiger charge is 2.29. The zero-order valence-corrected chi connectivity index (χ0v) is 17.8. The lowest BCUT2D eigenvalue weighted by Gasteiger charge is -2.31. The number of rotatable bonds is 6. The molecule has 2 heterocycles. The van der Waals surface area contributed by atoms with E-state index in [1.165, 1.54) is 11.8 Å². The number of hydrogen-bond donors (Lipinski definition) is 0. The van der Waals surface area contributed by atoms with Crippen LogP contribution in [0.25, 0.3) is 11.1 Å². The number of nitrogens with zero attached hydrogens (tertiary/aromatic N) is 3. The van der Waals surface area contributed by atoms with E-state index in [-0.39, 0.29) is 0 Å². The fourth-order valence-electron chi connectivity index (χ4n) is 4.21. The first-order valence-corrected chi connectivity index (χ1v) is 12.0. The van der Waals surface area contributed by atoms with Crippen molar-refractivity contribution in [3.05, 3.63) is 65.9 Å². The normalized spacial score (nSPS) is 15.8. The Morgan fingerprint density at radius 1 is 1.07 bits per heavy atom. The molecule has 0 amide bonds. The van der Waals surface area contributed by atoms with Gasteiger partial charge >= 0.3 is 0 Å².